The van der Waals surface area contributed by atoms with Gasteiger partial charge in [-0.25, -0.2) is 4.39 Å². The smallest absolute Gasteiger partial charge is 0.307 e. The molecule has 1 saturated heterocycles. The van der Waals surface area contributed by atoms with Gasteiger partial charge in [-0.2, -0.15) is 4.39 Å². The van der Waals surface area contributed by atoms with Gasteiger partial charge in [0.25, 0.3) is 0 Å². The van der Waals surface area contributed by atoms with Crippen LogP contribution in [0.3, 0.4) is 0 Å². The van der Waals surface area contributed by atoms with Crippen LogP contribution < -0.4 is 5.32 Å². The molecule has 17 heavy (non-hydrogen) atoms. The molecule has 0 spiro atoms. The van der Waals surface area contributed by atoms with E-state index in [9.17, 15) is 13.6 Å². The van der Waals surface area contributed by atoms with E-state index in [0.29, 0.717) is 0 Å². The monoisotopic (exact) mass is 243 g/mol. The number of aromatic hydroxyl groups is 1. The van der Waals surface area contributed by atoms with Gasteiger partial charge in [0, 0.05) is 18.2 Å². The number of halogens is 2. The van der Waals surface area contributed by atoms with Crippen molar-refractivity contribution in [2.75, 3.05) is 6.54 Å². The molecule has 0 amide bonds. The summed E-state index contributed by atoms with van der Waals surface area (Å²) in [6.07, 6.45) is 0.205. The summed E-state index contributed by atoms with van der Waals surface area (Å²) in [6, 6.07) is 1.78. The fraction of sp³-hybridized carbons (Fsp3) is 0.364. The maximum absolute atomic E-state index is 13.5. The molecule has 1 fully saturated rings. The number of benzene rings is 1. The fourth-order valence-electron chi connectivity index (χ4n) is 1.98. The molecule has 4 nitrogen and oxygen atoms in total. The van der Waals surface area contributed by atoms with Gasteiger partial charge in [0.1, 0.15) is 0 Å². The second-order valence-electron chi connectivity index (χ2n) is 4.03. The summed E-state index contributed by atoms with van der Waals surface area (Å²) in [5, 5.41) is 20.6. The summed E-state index contributed by atoms with van der Waals surface area (Å²) >= 11 is 0. The highest BCUT2D eigenvalue weighted by Crippen LogP contribution is 2.32. The maximum Gasteiger partial charge on any atom is 0.307 e. The summed E-state index contributed by atoms with van der Waals surface area (Å²) in [7, 11) is 0. The lowest BCUT2D eigenvalue weighted by atomic mass is 9.99. The number of carbonyl (C=O) groups is 1. The van der Waals surface area contributed by atoms with Crippen molar-refractivity contribution in [2.45, 2.75) is 12.5 Å². The van der Waals surface area contributed by atoms with Crippen molar-refractivity contribution in [3.05, 3.63) is 29.3 Å². The lowest BCUT2D eigenvalue weighted by Gasteiger charge is -2.12. The van der Waals surface area contributed by atoms with Crippen molar-refractivity contribution in [1.82, 2.24) is 5.32 Å². The van der Waals surface area contributed by atoms with Crippen LogP contribution in [0.5, 0.6) is 5.75 Å². The summed E-state index contributed by atoms with van der Waals surface area (Å²) in [5.74, 6) is -4.74. The SMILES string of the molecule is O=C(O)C1CNC(c2ccc(O)c(F)c2F)C1. The molecular weight excluding hydrogens is 232 g/mol. The average Bonchev–Trinajstić information content (AvgIpc) is 2.75. The number of phenols is 1. The van der Waals surface area contributed by atoms with E-state index in [2.05, 4.69) is 5.32 Å². The molecule has 1 aliphatic rings. The molecule has 0 aromatic heterocycles. The van der Waals surface area contributed by atoms with Crippen LogP contribution >= 0.6 is 0 Å². The molecule has 1 aliphatic heterocycles. The van der Waals surface area contributed by atoms with E-state index in [1.165, 1.54) is 6.07 Å². The summed E-state index contributed by atoms with van der Waals surface area (Å²) in [5.41, 5.74) is 0.0454. The van der Waals surface area contributed by atoms with Crippen LogP contribution in [0.25, 0.3) is 0 Å². The maximum atomic E-state index is 13.5. The minimum atomic E-state index is -1.30. The van der Waals surface area contributed by atoms with Crippen molar-refractivity contribution in [1.29, 1.82) is 0 Å². The Labute approximate surface area is 95.9 Å². The van der Waals surface area contributed by atoms with Crippen LogP contribution in [0.4, 0.5) is 8.78 Å². The Balaban J connectivity index is 2.25. The number of hydrogen-bond donors (Lipinski definition) is 3. The van der Waals surface area contributed by atoms with Crippen molar-refractivity contribution in [3.63, 3.8) is 0 Å². The predicted molar refractivity (Wildman–Crippen MR) is 54.5 cm³/mol. The lowest BCUT2D eigenvalue weighted by molar-refractivity contribution is -0.141. The first-order valence-electron chi connectivity index (χ1n) is 5.13. The molecule has 0 radical (unpaired) electrons. The van der Waals surface area contributed by atoms with Crippen molar-refractivity contribution in [3.8, 4) is 5.75 Å². The molecule has 6 heteroatoms. The minimum Gasteiger partial charge on any atom is -0.505 e. The van der Waals surface area contributed by atoms with Gasteiger partial charge in [-0.05, 0) is 12.5 Å². The standard InChI is InChI=1S/C11H11F2NO3/c12-9-6(1-2-8(15)10(9)13)7-3-5(4-14-7)11(16)17/h1-2,5,7,14-15H,3-4H2,(H,16,17). The molecule has 1 aromatic rings. The molecular formula is C11H11F2NO3. The van der Waals surface area contributed by atoms with Crippen LogP contribution in [0.1, 0.15) is 18.0 Å². The third-order valence-corrected chi connectivity index (χ3v) is 2.95. The van der Waals surface area contributed by atoms with E-state index >= 15 is 0 Å². The highest BCUT2D eigenvalue weighted by atomic mass is 19.2. The predicted octanol–water partition coefficient (Wildman–Crippen LogP) is 1.41. The van der Waals surface area contributed by atoms with Crippen LogP contribution in [-0.4, -0.2) is 22.7 Å². The van der Waals surface area contributed by atoms with Gasteiger partial charge < -0.3 is 15.5 Å². The summed E-state index contributed by atoms with van der Waals surface area (Å²) in [4.78, 5) is 10.7. The van der Waals surface area contributed by atoms with E-state index in [1.54, 1.807) is 0 Å². The van der Waals surface area contributed by atoms with Gasteiger partial charge in [0.2, 0.25) is 5.82 Å². The third kappa shape index (κ3) is 2.08. The topological polar surface area (TPSA) is 69.6 Å². The second-order valence-corrected chi connectivity index (χ2v) is 4.03. The van der Waals surface area contributed by atoms with E-state index < -0.39 is 35.3 Å². The molecule has 2 rings (SSSR count). The number of carboxylic acid groups (broad SMARTS) is 1. The third-order valence-electron chi connectivity index (χ3n) is 2.95. The Hall–Kier alpha value is -1.69. The van der Waals surface area contributed by atoms with Crippen molar-refractivity contribution < 1.29 is 23.8 Å². The average molecular weight is 243 g/mol. The van der Waals surface area contributed by atoms with Gasteiger partial charge in [0.05, 0.1) is 5.92 Å². The van der Waals surface area contributed by atoms with E-state index in [4.69, 9.17) is 10.2 Å². The molecule has 0 saturated carbocycles. The minimum absolute atomic E-state index is 0.0454. The Bertz CT molecular complexity index is 464. The largest absolute Gasteiger partial charge is 0.505 e. The molecule has 2 unspecified atom stereocenters. The van der Waals surface area contributed by atoms with Crippen molar-refractivity contribution >= 4 is 5.97 Å². The van der Waals surface area contributed by atoms with E-state index in [0.717, 1.165) is 6.07 Å². The first-order valence-corrected chi connectivity index (χ1v) is 5.13. The Kier molecular flexibility index (Phi) is 2.97. The number of nitrogens with one attached hydrogen (secondary N) is 1. The summed E-state index contributed by atoms with van der Waals surface area (Å²) < 4.78 is 26.7. The number of rotatable bonds is 2. The zero-order valence-corrected chi connectivity index (χ0v) is 8.78. The lowest BCUT2D eigenvalue weighted by Crippen LogP contribution is -2.17. The van der Waals surface area contributed by atoms with E-state index in [-0.39, 0.29) is 18.5 Å². The Morgan fingerprint density at radius 2 is 2.06 bits per heavy atom. The van der Waals surface area contributed by atoms with E-state index in [1.807, 2.05) is 0 Å². The fourth-order valence-corrected chi connectivity index (χ4v) is 1.98. The van der Waals surface area contributed by atoms with Gasteiger partial charge >= 0.3 is 5.97 Å². The molecule has 3 N–H and O–H groups in total. The van der Waals surface area contributed by atoms with Crippen molar-refractivity contribution in [2.24, 2.45) is 5.92 Å². The Morgan fingerprint density at radius 1 is 1.35 bits per heavy atom. The molecule has 0 aliphatic carbocycles. The molecule has 0 bridgehead atoms. The van der Waals surface area contributed by atoms with Crippen LogP contribution in [0.2, 0.25) is 0 Å². The molecule has 1 aromatic carbocycles. The first kappa shape index (κ1) is 11.8. The molecule has 2 atom stereocenters. The number of aliphatic carboxylic acids is 1. The number of phenolic OH excluding ortho intramolecular Hbond substituents is 1. The second kappa shape index (κ2) is 4.29. The van der Waals surface area contributed by atoms with Gasteiger partial charge in [0.15, 0.2) is 11.6 Å². The van der Waals surface area contributed by atoms with Gasteiger partial charge in [-0.15, -0.1) is 0 Å². The normalized spacial score (nSPS) is 23.9. The number of carboxylic acids is 1. The zero-order valence-electron chi connectivity index (χ0n) is 8.78. The van der Waals surface area contributed by atoms with Gasteiger partial charge in [-0.1, -0.05) is 6.07 Å². The highest BCUT2D eigenvalue weighted by molar-refractivity contribution is 5.70. The molecule has 92 valence electrons. The summed E-state index contributed by atoms with van der Waals surface area (Å²) in [6.45, 7) is 0.224. The highest BCUT2D eigenvalue weighted by Gasteiger charge is 2.32. The van der Waals surface area contributed by atoms with Crippen LogP contribution in [0, 0.1) is 17.6 Å². The van der Waals surface area contributed by atoms with Crippen LogP contribution in [0.15, 0.2) is 12.1 Å². The first-order chi connectivity index (χ1) is 8.00. The van der Waals surface area contributed by atoms with Crippen LogP contribution in [-0.2, 0) is 4.79 Å². The van der Waals surface area contributed by atoms with Gasteiger partial charge in [-0.3, -0.25) is 4.79 Å². The Morgan fingerprint density at radius 3 is 2.65 bits per heavy atom. The quantitative estimate of drug-likeness (QED) is 0.734. The zero-order chi connectivity index (χ0) is 12.6. The number of hydrogen-bond acceptors (Lipinski definition) is 3. The molecule has 1 heterocycles.